The molecule has 2 rings (SSSR count). The van der Waals surface area contributed by atoms with Gasteiger partial charge in [0.15, 0.2) is 11.5 Å². The summed E-state index contributed by atoms with van der Waals surface area (Å²) in [6.45, 7) is 3.94. The van der Waals surface area contributed by atoms with Gasteiger partial charge in [-0.25, -0.2) is 4.98 Å². The molecule has 1 aromatic heterocycles. The zero-order valence-electron chi connectivity index (χ0n) is 11.9. The van der Waals surface area contributed by atoms with Crippen LogP contribution in [0.3, 0.4) is 0 Å². The quantitative estimate of drug-likeness (QED) is 0.459. The molecule has 6 nitrogen and oxygen atoms in total. The van der Waals surface area contributed by atoms with Crippen LogP contribution in [-0.4, -0.2) is 24.9 Å². The van der Waals surface area contributed by atoms with Gasteiger partial charge < -0.3 is 15.2 Å². The molecule has 116 valence electrons. The Morgan fingerprint density at radius 3 is 3.00 bits per heavy atom. The Morgan fingerprint density at radius 1 is 1.55 bits per heavy atom. The summed E-state index contributed by atoms with van der Waals surface area (Å²) in [6, 6.07) is 3.50. The number of rotatable bonds is 7. The summed E-state index contributed by atoms with van der Waals surface area (Å²) in [4.78, 5) is 4.03. The van der Waals surface area contributed by atoms with Crippen LogP contribution in [0.15, 0.2) is 35.3 Å². The number of nitrogens with one attached hydrogen (secondary N) is 1. The van der Waals surface area contributed by atoms with E-state index in [-0.39, 0.29) is 0 Å². The first-order valence-corrected chi connectivity index (χ1v) is 7.51. The first-order valence-electron chi connectivity index (χ1n) is 6.25. The van der Waals surface area contributed by atoms with Crippen LogP contribution >= 0.6 is 22.9 Å². The molecular formula is C14H15ClN4O2S. The van der Waals surface area contributed by atoms with Crippen molar-refractivity contribution in [1.82, 2.24) is 4.98 Å². The Kier molecular flexibility index (Phi) is 5.62. The van der Waals surface area contributed by atoms with E-state index in [2.05, 4.69) is 22.1 Å². The van der Waals surface area contributed by atoms with Crippen molar-refractivity contribution in [2.24, 2.45) is 5.10 Å². The number of hydrazone groups is 1. The molecule has 0 saturated heterocycles. The average molecular weight is 339 g/mol. The minimum Gasteiger partial charge on any atom is -0.493 e. The molecule has 0 bridgehead atoms. The molecule has 0 fully saturated rings. The SMILES string of the molecule is C=CCOc1c(Cl)cc(C=NNc2nc(N)cs2)cc1OC. The summed E-state index contributed by atoms with van der Waals surface area (Å²) in [5.74, 6) is 1.45. The number of benzene rings is 1. The molecule has 0 aliphatic rings. The van der Waals surface area contributed by atoms with Crippen LogP contribution in [0.2, 0.25) is 5.02 Å². The first-order chi connectivity index (χ1) is 10.6. The van der Waals surface area contributed by atoms with Crippen molar-refractivity contribution in [2.75, 3.05) is 24.9 Å². The zero-order chi connectivity index (χ0) is 15.9. The third-order valence-corrected chi connectivity index (χ3v) is 3.54. The number of halogens is 1. The number of nitrogens with zero attached hydrogens (tertiary/aromatic N) is 2. The number of methoxy groups -OCH3 is 1. The minimum atomic E-state index is 0.344. The van der Waals surface area contributed by atoms with Gasteiger partial charge in [0.2, 0.25) is 5.13 Å². The van der Waals surface area contributed by atoms with E-state index in [9.17, 15) is 0 Å². The van der Waals surface area contributed by atoms with Crippen LogP contribution in [0.25, 0.3) is 0 Å². The fraction of sp³-hybridized carbons (Fsp3) is 0.143. The van der Waals surface area contributed by atoms with E-state index in [0.717, 1.165) is 5.56 Å². The summed E-state index contributed by atoms with van der Waals surface area (Å²) in [5, 5.41) is 6.85. The van der Waals surface area contributed by atoms with Crippen LogP contribution < -0.4 is 20.6 Å². The van der Waals surface area contributed by atoms with Gasteiger partial charge in [-0.2, -0.15) is 5.10 Å². The van der Waals surface area contributed by atoms with Gasteiger partial charge in [0.05, 0.1) is 18.3 Å². The number of ether oxygens (including phenoxy) is 2. The molecule has 2 aromatic rings. The summed E-state index contributed by atoms with van der Waals surface area (Å²) in [5.41, 5.74) is 9.07. The van der Waals surface area contributed by atoms with Gasteiger partial charge in [-0.15, -0.1) is 11.3 Å². The number of thiazole rings is 1. The Labute approximate surface area is 137 Å². The van der Waals surface area contributed by atoms with Crippen molar-refractivity contribution in [3.8, 4) is 11.5 Å². The number of hydrogen-bond acceptors (Lipinski definition) is 7. The monoisotopic (exact) mass is 338 g/mol. The molecule has 0 amide bonds. The normalized spacial score (nSPS) is 10.6. The van der Waals surface area contributed by atoms with Crippen LogP contribution in [0.1, 0.15) is 5.56 Å². The number of nitrogen functional groups attached to an aromatic ring is 1. The smallest absolute Gasteiger partial charge is 0.205 e. The second kappa shape index (κ2) is 7.67. The van der Waals surface area contributed by atoms with E-state index in [1.54, 1.807) is 36.9 Å². The highest BCUT2D eigenvalue weighted by Gasteiger charge is 2.11. The van der Waals surface area contributed by atoms with E-state index in [1.807, 2.05) is 0 Å². The van der Waals surface area contributed by atoms with Gasteiger partial charge in [0.25, 0.3) is 0 Å². The average Bonchev–Trinajstić information content (AvgIpc) is 2.91. The van der Waals surface area contributed by atoms with Crippen molar-refractivity contribution in [3.05, 3.63) is 40.8 Å². The van der Waals surface area contributed by atoms with Gasteiger partial charge in [-0.1, -0.05) is 24.3 Å². The topological polar surface area (TPSA) is 81.8 Å². The third kappa shape index (κ3) is 4.12. The van der Waals surface area contributed by atoms with Gasteiger partial charge in [-0.05, 0) is 17.7 Å². The van der Waals surface area contributed by atoms with Crippen molar-refractivity contribution in [2.45, 2.75) is 0 Å². The lowest BCUT2D eigenvalue weighted by molar-refractivity contribution is 0.326. The molecule has 0 radical (unpaired) electrons. The van der Waals surface area contributed by atoms with Gasteiger partial charge in [0, 0.05) is 5.38 Å². The van der Waals surface area contributed by atoms with E-state index in [4.69, 9.17) is 26.8 Å². The minimum absolute atomic E-state index is 0.344. The maximum atomic E-state index is 6.20. The molecule has 0 spiro atoms. The molecule has 0 saturated carbocycles. The molecule has 1 aromatic carbocycles. The molecule has 22 heavy (non-hydrogen) atoms. The highest BCUT2D eigenvalue weighted by molar-refractivity contribution is 7.14. The van der Waals surface area contributed by atoms with Gasteiger partial charge >= 0.3 is 0 Å². The Bertz CT molecular complexity index is 687. The molecular weight excluding hydrogens is 324 g/mol. The molecule has 1 heterocycles. The Morgan fingerprint density at radius 2 is 2.36 bits per heavy atom. The summed E-state index contributed by atoms with van der Waals surface area (Å²) < 4.78 is 10.8. The van der Waals surface area contributed by atoms with Crippen LogP contribution in [0.4, 0.5) is 10.9 Å². The largest absolute Gasteiger partial charge is 0.493 e. The number of anilines is 2. The maximum absolute atomic E-state index is 6.20. The van der Waals surface area contributed by atoms with Crippen molar-refractivity contribution in [3.63, 3.8) is 0 Å². The fourth-order valence-corrected chi connectivity index (χ4v) is 2.42. The van der Waals surface area contributed by atoms with E-state index in [0.29, 0.717) is 34.1 Å². The molecule has 0 unspecified atom stereocenters. The number of hydrogen-bond donors (Lipinski definition) is 2. The lowest BCUT2D eigenvalue weighted by atomic mass is 10.2. The Hall–Kier alpha value is -2.25. The molecule has 0 atom stereocenters. The van der Waals surface area contributed by atoms with Crippen LogP contribution in [0, 0.1) is 0 Å². The first kappa shape index (κ1) is 16.1. The lowest BCUT2D eigenvalue weighted by Crippen LogP contribution is -1.99. The molecule has 0 aliphatic carbocycles. The highest BCUT2D eigenvalue weighted by atomic mass is 35.5. The summed E-state index contributed by atoms with van der Waals surface area (Å²) in [7, 11) is 1.55. The van der Waals surface area contributed by atoms with E-state index >= 15 is 0 Å². The summed E-state index contributed by atoms with van der Waals surface area (Å²) >= 11 is 7.57. The van der Waals surface area contributed by atoms with Crippen molar-refractivity contribution in [1.29, 1.82) is 0 Å². The lowest BCUT2D eigenvalue weighted by Gasteiger charge is -2.11. The number of nitrogens with two attached hydrogens (primary N) is 1. The van der Waals surface area contributed by atoms with Crippen molar-refractivity contribution >= 4 is 40.1 Å². The highest BCUT2D eigenvalue weighted by Crippen LogP contribution is 2.36. The van der Waals surface area contributed by atoms with Crippen LogP contribution in [0.5, 0.6) is 11.5 Å². The van der Waals surface area contributed by atoms with Gasteiger partial charge in [0.1, 0.15) is 12.4 Å². The van der Waals surface area contributed by atoms with Crippen LogP contribution in [-0.2, 0) is 0 Å². The second-order valence-electron chi connectivity index (χ2n) is 4.08. The maximum Gasteiger partial charge on any atom is 0.205 e. The second-order valence-corrected chi connectivity index (χ2v) is 5.35. The fourth-order valence-electron chi connectivity index (χ4n) is 1.60. The van der Waals surface area contributed by atoms with Gasteiger partial charge in [-0.3, -0.25) is 5.43 Å². The molecule has 3 N–H and O–H groups in total. The predicted octanol–water partition coefficient (Wildman–Crippen LogP) is 3.40. The Balaban J connectivity index is 2.13. The van der Waals surface area contributed by atoms with E-state index in [1.165, 1.54) is 11.3 Å². The number of aromatic nitrogens is 1. The summed E-state index contributed by atoms with van der Waals surface area (Å²) in [6.07, 6.45) is 3.23. The zero-order valence-corrected chi connectivity index (χ0v) is 13.4. The molecule has 0 aliphatic heterocycles. The molecule has 8 heteroatoms. The third-order valence-electron chi connectivity index (χ3n) is 2.49. The predicted molar refractivity (Wildman–Crippen MR) is 91.4 cm³/mol. The van der Waals surface area contributed by atoms with E-state index < -0.39 is 0 Å². The van der Waals surface area contributed by atoms with Crippen molar-refractivity contribution < 1.29 is 9.47 Å². The standard InChI is InChI=1S/C14H15ClN4O2S/c1-3-4-21-13-10(15)5-9(6-11(13)20-2)7-17-19-14-18-12(16)8-22-14/h3,5-8H,1,4,16H2,2H3,(H,18,19).